The van der Waals surface area contributed by atoms with Gasteiger partial charge in [-0.2, -0.15) is 0 Å². The summed E-state index contributed by atoms with van der Waals surface area (Å²) in [4.78, 5) is 14.3. The molecule has 0 bridgehead atoms. The standard InChI is InChI=1S/C16H22N2O5S/c1-17(24(2,22)23)12-5-3-11(4-6-12)15(21)18-7-13-14(8-18)16(13,9-19)10-20/h3-6,13-14,19-20H,7-10H2,1-2H3. The number of fused-ring (bicyclic) bond motifs is 1. The number of rotatable bonds is 5. The van der Waals surface area contributed by atoms with Crippen LogP contribution >= 0.6 is 0 Å². The van der Waals surface area contributed by atoms with E-state index in [4.69, 9.17) is 0 Å². The summed E-state index contributed by atoms with van der Waals surface area (Å²) in [5.41, 5.74) is 0.581. The number of carbonyl (C=O) groups is 1. The monoisotopic (exact) mass is 354 g/mol. The number of benzene rings is 1. The highest BCUT2D eigenvalue weighted by molar-refractivity contribution is 7.92. The van der Waals surface area contributed by atoms with Crippen molar-refractivity contribution in [1.29, 1.82) is 0 Å². The van der Waals surface area contributed by atoms with E-state index >= 15 is 0 Å². The fourth-order valence-electron chi connectivity index (χ4n) is 3.71. The third kappa shape index (κ3) is 2.58. The summed E-state index contributed by atoms with van der Waals surface area (Å²) in [5.74, 6) is 0.208. The first kappa shape index (κ1) is 17.2. The molecule has 8 heteroatoms. The summed E-state index contributed by atoms with van der Waals surface area (Å²) in [6.07, 6.45) is 1.12. The lowest BCUT2D eigenvalue weighted by molar-refractivity contribution is 0.0637. The lowest BCUT2D eigenvalue weighted by Gasteiger charge is -2.24. The molecule has 0 radical (unpaired) electrons. The van der Waals surface area contributed by atoms with Crippen molar-refractivity contribution < 1.29 is 23.4 Å². The number of anilines is 1. The van der Waals surface area contributed by atoms with Gasteiger partial charge in [-0.15, -0.1) is 0 Å². The number of amides is 1. The first-order chi connectivity index (χ1) is 11.2. The predicted octanol–water partition coefficient (Wildman–Crippen LogP) is -0.245. The van der Waals surface area contributed by atoms with Crippen LogP contribution in [0.25, 0.3) is 0 Å². The molecule has 2 atom stereocenters. The van der Waals surface area contributed by atoms with Gasteiger partial charge < -0.3 is 15.1 Å². The SMILES string of the molecule is CN(c1ccc(C(=O)N2CC3C(C2)C3(CO)CO)cc1)S(C)(=O)=O. The summed E-state index contributed by atoms with van der Waals surface area (Å²) < 4.78 is 24.2. The second-order valence-electron chi connectivity index (χ2n) is 6.75. The van der Waals surface area contributed by atoms with Crippen LogP contribution in [0.1, 0.15) is 10.4 Å². The third-order valence-corrected chi connectivity index (χ3v) is 6.74. The van der Waals surface area contributed by atoms with Gasteiger partial charge in [0.15, 0.2) is 0 Å². The zero-order valence-electron chi connectivity index (χ0n) is 13.7. The summed E-state index contributed by atoms with van der Waals surface area (Å²) in [6.45, 7) is 0.978. The molecule has 1 aromatic carbocycles. The molecule has 2 aliphatic rings. The van der Waals surface area contributed by atoms with E-state index in [9.17, 15) is 23.4 Å². The Balaban J connectivity index is 1.68. The highest BCUT2D eigenvalue weighted by atomic mass is 32.2. The second-order valence-corrected chi connectivity index (χ2v) is 8.76. The maximum absolute atomic E-state index is 12.5. The van der Waals surface area contributed by atoms with E-state index < -0.39 is 15.4 Å². The zero-order valence-corrected chi connectivity index (χ0v) is 14.5. The molecule has 132 valence electrons. The summed E-state index contributed by atoms with van der Waals surface area (Å²) in [7, 11) is -1.87. The summed E-state index contributed by atoms with van der Waals surface area (Å²) in [5, 5.41) is 18.9. The molecule has 7 nitrogen and oxygen atoms in total. The Morgan fingerprint density at radius 1 is 1.21 bits per heavy atom. The van der Waals surface area contributed by atoms with Crippen LogP contribution < -0.4 is 4.31 Å². The van der Waals surface area contributed by atoms with Crippen LogP contribution in [0.15, 0.2) is 24.3 Å². The molecule has 1 aromatic rings. The zero-order chi connectivity index (χ0) is 17.7. The lowest BCUT2D eigenvalue weighted by Crippen LogP contribution is -2.36. The Hall–Kier alpha value is -1.64. The topological polar surface area (TPSA) is 98.2 Å². The van der Waals surface area contributed by atoms with Gasteiger partial charge >= 0.3 is 0 Å². The average molecular weight is 354 g/mol. The Morgan fingerprint density at radius 3 is 2.12 bits per heavy atom. The van der Waals surface area contributed by atoms with Crippen molar-refractivity contribution in [1.82, 2.24) is 4.90 Å². The van der Waals surface area contributed by atoms with Gasteiger partial charge in [0.25, 0.3) is 5.91 Å². The normalized spacial score (nSPS) is 24.6. The number of hydrogen-bond donors (Lipinski definition) is 2. The number of aliphatic hydroxyl groups is 2. The second kappa shape index (κ2) is 5.72. The van der Waals surface area contributed by atoms with Crippen LogP contribution in [0.3, 0.4) is 0 Å². The summed E-state index contributed by atoms with van der Waals surface area (Å²) in [6, 6.07) is 6.46. The number of hydrogen-bond acceptors (Lipinski definition) is 5. The van der Waals surface area contributed by atoms with Crippen molar-refractivity contribution in [2.75, 3.05) is 43.9 Å². The Morgan fingerprint density at radius 2 is 1.71 bits per heavy atom. The van der Waals surface area contributed by atoms with Crippen molar-refractivity contribution in [2.45, 2.75) is 0 Å². The van der Waals surface area contributed by atoms with Crippen LogP contribution in [0, 0.1) is 17.3 Å². The van der Waals surface area contributed by atoms with E-state index in [1.807, 2.05) is 0 Å². The highest BCUT2D eigenvalue weighted by Gasteiger charge is 2.68. The van der Waals surface area contributed by atoms with Crippen molar-refractivity contribution in [3.63, 3.8) is 0 Å². The van der Waals surface area contributed by atoms with E-state index in [2.05, 4.69) is 0 Å². The number of carbonyl (C=O) groups excluding carboxylic acids is 1. The average Bonchev–Trinajstić information content (AvgIpc) is 2.92. The van der Waals surface area contributed by atoms with Gasteiger partial charge in [-0.3, -0.25) is 9.10 Å². The molecule has 1 saturated heterocycles. The molecule has 3 rings (SSSR count). The number of aliphatic hydroxyl groups excluding tert-OH is 2. The minimum atomic E-state index is -3.33. The number of piperidine rings is 1. The van der Waals surface area contributed by atoms with Gasteiger partial charge in [0.1, 0.15) is 0 Å². The predicted molar refractivity (Wildman–Crippen MR) is 89.2 cm³/mol. The van der Waals surface area contributed by atoms with E-state index in [1.165, 1.54) is 7.05 Å². The maximum Gasteiger partial charge on any atom is 0.253 e. The van der Waals surface area contributed by atoms with Crippen LogP contribution in [0.2, 0.25) is 0 Å². The molecule has 2 fully saturated rings. The molecule has 0 aromatic heterocycles. The minimum Gasteiger partial charge on any atom is -0.396 e. The van der Waals surface area contributed by atoms with Crippen molar-refractivity contribution >= 4 is 21.6 Å². The third-order valence-electron chi connectivity index (χ3n) is 5.54. The maximum atomic E-state index is 12.5. The Kier molecular flexibility index (Phi) is 4.09. The largest absolute Gasteiger partial charge is 0.396 e. The van der Waals surface area contributed by atoms with Crippen LogP contribution in [-0.2, 0) is 10.0 Å². The number of likely N-dealkylation sites (tertiary alicyclic amines) is 1. The van der Waals surface area contributed by atoms with Gasteiger partial charge in [-0.05, 0) is 36.1 Å². The molecule has 1 heterocycles. The Bertz CT molecular complexity index is 728. The number of sulfonamides is 1. The van der Waals surface area contributed by atoms with Crippen molar-refractivity contribution in [3.8, 4) is 0 Å². The van der Waals surface area contributed by atoms with Crippen LogP contribution in [0.5, 0.6) is 0 Å². The quantitative estimate of drug-likeness (QED) is 0.760. The first-order valence-electron chi connectivity index (χ1n) is 7.79. The van der Waals surface area contributed by atoms with E-state index in [1.54, 1.807) is 29.2 Å². The highest BCUT2D eigenvalue weighted by Crippen LogP contribution is 2.62. The Labute approximate surface area is 141 Å². The molecule has 0 spiro atoms. The van der Waals surface area contributed by atoms with Crippen LogP contribution in [0.4, 0.5) is 5.69 Å². The molecule has 2 N–H and O–H groups in total. The molecule has 1 aliphatic carbocycles. The fraction of sp³-hybridized carbons (Fsp3) is 0.562. The molecule has 1 aliphatic heterocycles. The molecule has 24 heavy (non-hydrogen) atoms. The first-order valence-corrected chi connectivity index (χ1v) is 9.64. The van der Waals surface area contributed by atoms with E-state index in [-0.39, 0.29) is 31.0 Å². The van der Waals surface area contributed by atoms with Crippen molar-refractivity contribution in [2.24, 2.45) is 17.3 Å². The van der Waals surface area contributed by atoms with Crippen molar-refractivity contribution in [3.05, 3.63) is 29.8 Å². The van der Waals surface area contributed by atoms with E-state index in [0.29, 0.717) is 24.3 Å². The van der Waals surface area contributed by atoms with Gasteiger partial charge in [0.2, 0.25) is 10.0 Å². The van der Waals surface area contributed by atoms with Gasteiger partial charge in [0.05, 0.1) is 25.2 Å². The van der Waals surface area contributed by atoms with Gasteiger partial charge in [-0.25, -0.2) is 8.42 Å². The minimum absolute atomic E-state index is 0.0482. The van der Waals surface area contributed by atoms with Crippen LogP contribution in [-0.4, -0.2) is 69.0 Å². The van der Waals surface area contributed by atoms with E-state index in [0.717, 1.165) is 10.6 Å². The molecule has 1 amide bonds. The smallest absolute Gasteiger partial charge is 0.253 e. The lowest BCUT2D eigenvalue weighted by atomic mass is 10.0. The fourth-order valence-corrected chi connectivity index (χ4v) is 4.22. The number of nitrogens with zero attached hydrogens (tertiary/aromatic N) is 2. The van der Waals surface area contributed by atoms with Gasteiger partial charge in [0, 0.05) is 31.1 Å². The molecule has 2 unspecified atom stereocenters. The molecular weight excluding hydrogens is 332 g/mol. The van der Waals surface area contributed by atoms with Gasteiger partial charge in [-0.1, -0.05) is 0 Å². The summed E-state index contributed by atoms with van der Waals surface area (Å²) >= 11 is 0. The molecular formula is C16H22N2O5S. The molecule has 1 saturated carbocycles.